The summed E-state index contributed by atoms with van der Waals surface area (Å²) in [4.78, 5) is 14.7. The van der Waals surface area contributed by atoms with E-state index in [1.54, 1.807) is 7.11 Å². The zero-order chi connectivity index (χ0) is 17.1. The van der Waals surface area contributed by atoms with Gasteiger partial charge in [-0.3, -0.25) is 10.1 Å². The van der Waals surface area contributed by atoms with Crippen molar-refractivity contribution in [3.05, 3.63) is 58.4 Å². The summed E-state index contributed by atoms with van der Waals surface area (Å²) in [6, 6.07) is 11.4. The molecule has 24 heavy (non-hydrogen) atoms. The predicted molar refractivity (Wildman–Crippen MR) is 90.5 cm³/mol. The number of nitrogens with zero attached hydrogens (tertiary/aromatic N) is 3. The maximum Gasteiger partial charge on any atom is 0.292 e. The monoisotopic (exact) mass is 331 g/mol. The highest BCUT2D eigenvalue weighted by molar-refractivity contribution is 5.64. The van der Waals surface area contributed by atoms with Crippen LogP contribution in [0.3, 0.4) is 0 Å². The lowest BCUT2D eigenvalue weighted by atomic mass is 10.2. The standard InChI is InChI=1S/C17H18FN3O3/c1-24-15-4-2-3-14(12-15)19-7-9-20(10-8-19)17-11-13(18)5-6-16(17)21(22)23/h2-6,11-12H,7-10H2,1H3. The van der Waals surface area contributed by atoms with E-state index in [2.05, 4.69) is 4.90 Å². The molecule has 0 aliphatic carbocycles. The summed E-state index contributed by atoms with van der Waals surface area (Å²) in [7, 11) is 1.63. The highest BCUT2D eigenvalue weighted by Crippen LogP contribution is 2.30. The van der Waals surface area contributed by atoms with E-state index in [1.807, 2.05) is 29.2 Å². The first-order chi connectivity index (χ1) is 11.6. The molecular weight excluding hydrogens is 313 g/mol. The van der Waals surface area contributed by atoms with Crippen molar-refractivity contribution < 1.29 is 14.1 Å². The Morgan fingerprint density at radius 3 is 2.46 bits per heavy atom. The average molecular weight is 331 g/mol. The number of hydrogen-bond donors (Lipinski definition) is 0. The van der Waals surface area contributed by atoms with E-state index < -0.39 is 10.7 Å². The van der Waals surface area contributed by atoms with Gasteiger partial charge in [-0.05, 0) is 18.2 Å². The van der Waals surface area contributed by atoms with Crippen LogP contribution in [0.25, 0.3) is 0 Å². The van der Waals surface area contributed by atoms with Crippen molar-refractivity contribution in [2.75, 3.05) is 43.1 Å². The van der Waals surface area contributed by atoms with Gasteiger partial charge in [-0.15, -0.1) is 0 Å². The molecule has 126 valence electrons. The van der Waals surface area contributed by atoms with Gasteiger partial charge in [0.2, 0.25) is 0 Å². The van der Waals surface area contributed by atoms with Crippen molar-refractivity contribution in [2.45, 2.75) is 0 Å². The van der Waals surface area contributed by atoms with E-state index >= 15 is 0 Å². The van der Waals surface area contributed by atoms with Crippen molar-refractivity contribution in [3.63, 3.8) is 0 Å². The molecule has 0 N–H and O–H groups in total. The highest BCUT2D eigenvalue weighted by Gasteiger charge is 2.24. The van der Waals surface area contributed by atoms with Gasteiger partial charge in [0.05, 0.1) is 12.0 Å². The Labute approximate surface area is 139 Å². The fourth-order valence-electron chi connectivity index (χ4n) is 2.92. The molecule has 2 aromatic rings. The molecule has 1 aliphatic rings. The fourth-order valence-corrected chi connectivity index (χ4v) is 2.92. The number of rotatable bonds is 4. The highest BCUT2D eigenvalue weighted by atomic mass is 19.1. The molecule has 1 heterocycles. The van der Waals surface area contributed by atoms with Gasteiger partial charge in [0, 0.05) is 50.1 Å². The number of ether oxygens (including phenoxy) is 1. The molecular formula is C17H18FN3O3. The minimum absolute atomic E-state index is 0.0637. The Hall–Kier alpha value is -2.83. The first kappa shape index (κ1) is 16.0. The van der Waals surface area contributed by atoms with Gasteiger partial charge in [0.1, 0.15) is 17.3 Å². The summed E-state index contributed by atoms with van der Waals surface area (Å²) in [5.74, 6) is 0.321. The lowest BCUT2D eigenvalue weighted by molar-refractivity contribution is -0.384. The summed E-state index contributed by atoms with van der Waals surface area (Å²) in [5.41, 5.74) is 1.32. The summed E-state index contributed by atoms with van der Waals surface area (Å²) < 4.78 is 18.8. The molecule has 1 aliphatic heterocycles. The molecule has 1 saturated heterocycles. The van der Waals surface area contributed by atoms with E-state index in [0.717, 1.165) is 17.5 Å². The quantitative estimate of drug-likeness (QED) is 0.636. The van der Waals surface area contributed by atoms with Gasteiger partial charge < -0.3 is 14.5 Å². The Morgan fingerprint density at radius 1 is 1.08 bits per heavy atom. The summed E-state index contributed by atoms with van der Waals surface area (Å²) in [5, 5.41) is 11.2. The molecule has 0 spiro atoms. The van der Waals surface area contributed by atoms with Crippen molar-refractivity contribution in [3.8, 4) is 5.75 Å². The van der Waals surface area contributed by atoms with Gasteiger partial charge in [-0.1, -0.05) is 6.07 Å². The van der Waals surface area contributed by atoms with E-state index in [4.69, 9.17) is 4.74 Å². The second-order valence-electron chi connectivity index (χ2n) is 5.57. The molecule has 0 atom stereocenters. The fraction of sp³-hybridized carbons (Fsp3) is 0.294. The third-order valence-electron chi connectivity index (χ3n) is 4.17. The van der Waals surface area contributed by atoms with E-state index in [1.165, 1.54) is 12.1 Å². The summed E-state index contributed by atoms with van der Waals surface area (Å²) in [6.45, 7) is 2.56. The van der Waals surface area contributed by atoms with E-state index in [-0.39, 0.29) is 5.69 Å². The van der Waals surface area contributed by atoms with Crippen molar-refractivity contribution in [1.29, 1.82) is 0 Å². The summed E-state index contributed by atoms with van der Waals surface area (Å²) in [6.07, 6.45) is 0. The van der Waals surface area contributed by atoms with Crippen LogP contribution in [-0.4, -0.2) is 38.2 Å². The number of benzene rings is 2. The Kier molecular flexibility index (Phi) is 4.50. The largest absolute Gasteiger partial charge is 0.497 e. The van der Waals surface area contributed by atoms with Crippen LogP contribution in [0.2, 0.25) is 0 Å². The number of halogens is 1. The number of anilines is 2. The van der Waals surface area contributed by atoms with Crippen LogP contribution in [-0.2, 0) is 0 Å². The molecule has 0 amide bonds. The number of methoxy groups -OCH3 is 1. The molecule has 0 radical (unpaired) electrons. The topological polar surface area (TPSA) is 58.8 Å². The molecule has 3 rings (SSSR count). The Bertz CT molecular complexity index is 746. The lowest BCUT2D eigenvalue weighted by Crippen LogP contribution is -2.46. The van der Waals surface area contributed by atoms with E-state index in [0.29, 0.717) is 31.9 Å². The molecule has 1 fully saturated rings. The number of nitro benzene ring substituents is 1. The van der Waals surface area contributed by atoms with Crippen molar-refractivity contribution in [1.82, 2.24) is 0 Å². The van der Waals surface area contributed by atoms with Crippen LogP contribution >= 0.6 is 0 Å². The minimum atomic E-state index is -0.469. The zero-order valence-electron chi connectivity index (χ0n) is 13.3. The second kappa shape index (κ2) is 6.74. The summed E-state index contributed by atoms with van der Waals surface area (Å²) >= 11 is 0. The number of nitro groups is 1. The maximum absolute atomic E-state index is 13.5. The normalized spacial score (nSPS) is 14.6. The molecule has 0 bridgehead atoms. The van der Waals surface area contributed by atoms with Crippen LogP contribution in [0.15, 0.2) is 42.5 Å². The molecule has 0 unspecified atom stereocenters. The van der Waals surface area contributed by atoms with Crippen LogP contribution in [0, 0.1) is 15.9 Å². The third kappa shape index (κ3) is 3.24. The average Bonchev–Trinajstić information content (AvgIpc) is 2.61. The van der Waals surface area contributed by atoms with Gasteiger partial charge in [-0.2, -0.15) is 0 Å². The Balaban J connectivity index is 1.75. The molecule has 0 saturated carbocycles. The molecule has 7 heteroatoms. The zero-order valence-corrected chi connectivity index (χ0v) is 13.3. The van der Waals surface area contributed by atoms with Crippen molar-refractivity contribution >= 4 is 17.1 Å². The van der Waals surface area contributed by atoms with Gasteiger partial charge >= 0.3 is 0 Å². The smallest absolute Gasteiger partial charge is 0.292 e. The first-order valence-corrected chi connectivity index (χ1v) is 7.66. The second-order valence-corrected chi connectivity index (χ2v) is 5.57. The maximum atomic E-state index is 13.5. The van der Waals surface area contributed by atoms with Crippen LogP contribution in [0.5, 0.6) is 5.75 Å². The van der Waals surface area contributed by atoms with Crippen molar-refractivity contribution in [2.24, 2.45) is 0 Å². The number of hydrogen-bond acceptors (Lipinski definition) is 5. The van der Waals surface area contributed by atoms with E-state index in [9.17, 15) is 14.5 Å². The van der Waals surface area contributed by atoms with Crippen LogP contribution in [0.1, 0.15) is 0 Å². The van der Waals surface area contributed by atoms with Gasteiger partial charge in [0.15, 0.2) is 0 Å². The van der Waals surface area contributed by atoms with Crippen LogP contribution in [0.4, 0.5) is 21.5 Å². The Morgan fingerprint density at radius 2 is 1.79 bits per heavy atom. The van der Waals surface area contributed by atoms with Gasteiger partial charge in [-0.25, -0.2) is 4.39 Å². The molecule has 2 aromatic carbocycles. The lowest BCUT2D eigenvalue weighted by Gasteiger charge is -2.37. The third-order valence-corrected chi connectivity index (χ3v) is 4.17. The van der Waals surface area contributed by atoms with Crippen LogP contribution < -0.4 is 14.5 Å². The molecule has 0 aromatic heterocycles. The predicted octanol–water partition coefficient (Wildman–Crippen LogP) is 3.07. The van der Waals surface area contributed by atoms with Gasteiger partial charge in [0.25, 0.3) is 5.69 Å². The first-order valence-electron chi connectivity index (χ1n) is 7.66. The minimum Gasteiger partial charge on any atom is -0.497 e. The number of piperazine rings is 1. The SMILES string of the molecule is COc1cccc(N2CCN(c3cc(F)ccc3[N+](=O)[O-])CC2)c1. The molecule has 6 nitrogen and oxygen atoms in total.